The molecule has 2 heterocycles. The normalized spacial score (nSPS) is 20.5. The molecular formula is C12H19N3O2. The second kappa shape index (κ2) is 5.82. The molecule has 1 aromatic rings. The van der Waals surface area contributed by atoms with E-state index in [4.69, 9.17) is 0 Å². The molecule has 1 fully saturated rings. The third-order valence-electron chi connectivity index (χ3n) is 3.30. The Labute approximate surface area is 101 Å². The first-order valence-electron chi connectivity index (χ1n) is 6.17. The summed E-state index contributed by atoms with van der Waals surface area (Å²) in [5, 5.41) is 9.25. The maximum Gasteiger partial charge on any atom is 0.224 e. The van der Waals surface area contributed by atoms with Crippen LogP contribution in [0.1, 0.15) is 25.7 Å². The van der Waals surface area contributed by atoms with Gasteiger partial charge in [0.2, 0.25) is 5.91 Å². The lowest BCUT2D eigenvalue weighted by Gasteiger charge is -2.34. The molecule has 0 radical (unpaired) electrons. The maximum absolute atomic E-state index is 12.0. The molecule has 94 valence electrons. The number of aromatic nitrogens is 2. The number of aryl methyl sites for hydroxylation is 1. The Balaban J connectivity index is 1.85. The van der Waals surface area contributed by atoms with E-state index in [0.717, 1.165) is 25.8 Å². The van der Waals surface area contributed by atoms with E-state index in [9.17, 15) is 9.90 Å². The molecular weight excluding hydrogens is 218 g/mol. The molecule has 0 bridgehead atoms. The zero-order valence-electron chi connectivity index (χ0n) is 9.96. The molecule has 5 nitrogen and oxygen atoms in total. The predicted octanol–water partition coefficient (Wildman–Crippen LogP) is 0.647. The molecule has 1 atom stereocenters. The molecule has 1 aliphatic heterocycles. The number of rotatable bonds is 4. The number of aliphatic hydroxyl groups excluding tert-OH is 1. The van der Waals surface area contributed by atoms with E-state index in [1.807, 2.05) is 15.7 Å². The van der Waals surface area contributed by atoms with Gasteiger partial charge in [-0.25, -0.2) is 4.98 Å². The van der Waals surface area contributed by atoms with Crippen LogP contribution in [-0.2, 0) is 11.3 Å². The molecule has 1 aromatic heterocycles. The number of carbonyl (C=O) groups is 1. The van der Waals surface area contributed by atoms with Gasteiger partial charge in [-0.15, -0.1) is 0 Å². The van der Waals surface area contributed by atoms with Gasteiger partial charge in [-0.3, -0.25) is 4.79 Å². The quantitative estimate of drug-likeness (QED) is 0.836. The second-order valence-corrected chi connectivity index (χ2v) is 4.47. The molecule has 17 heavy (non-hydrogen) atoms. The van der Waals surface area contributed by atoms with E-state index in [-0.39, 0.29) is 18.6 Å². The zero-order chi connectivity index (χ0) is 12.1. The third-order valence-corrected chi connectivity index (χ3v) is 3.30. The largest absolute Gasteiger partial charge is 0.394 e. The molecule has 1 amide bonds. The number of imidazole rings is 1. The van der Waals surface area contributed by atoms with Crippen LogP contribution in [0.4, 0.5) is 0 Å². The average Bonchev–Trinajstić information content (AvgIpc) is 2.89. The molecule has 0 unspecified atom stereocenters. The Kier molecular flexibility index (Phi) is 4.14. The summed E-state index contributed by atoms with van der Waals surface area (Å²) in [6, 6.07) is 0.0269. The van der Waals surface area contributed by atoms with Crippen LogP contribution >= 0.6 is 0 Å². The van der Waals surface area contributed by atoms with Gasteiger partial charge in [0, 0.05) is 31.9 Å². The molecule has 5 heteroatoms. The predicted molar refractivity (Wildman–Crippen MR) is 63.3 cm³/mol. The van der Waals surface area contributed by atoms with Gasteiger partial charge in [0.15, 0.2) is 0 Å². The minimum Gasteiger partial charge on any atom is -0.394 e. The summed E-state index contributed by atoms with van der Waals surface area (Å²) in [4.78, 5) is 17.8. The van der Waals surface area contributed by atoms with Crippen molar-refractivity contribution in [1.29, 1.82) is 0 Å². The fourth-order valence-corrected chi connectivity index (χ4v) is 2.31. The van der Waals surface area contributed by atoms with Gasteiger partial charge in [0.25, 0.3) is 0 Å². The Bertz CT molecular complexity index is 351. The van der Waals surface area contributed by atoms with Crippen LogP contribution in [-0.4, -0.2) is 44.7 Å². The molecule has 0 aliphatic carbocycles. The molecule has 1 N–H and O–H groups in total. The summed E-state index contributed by atoms with van der Waals surface area (Å²) in [5.74, 6) is 0.137. The fraction of sp³-hybridized carbons (Fsp3) is 0.667. The van der Waals surface area contributed by atoms with Crippen molar-refractivity contribution >= 4 is 5.91 Å². The van der Waals surface area contributed by atoms with Crippen LogP contribution in [0.3, 0.4) is 0 Å². The summed E-state index contributed by atoms with van der Waals surface area (Å²) in [6.07, 6.45) is 8.84. The van der Waals surface area contributed by atoms with Gasteiger partial charge in [-0.2, -0.15) is 0 Å². The molecule has 0 spiro atoms. The Hall–Kier alpha value is -1.36. The Morgan fingerprint density at radius 3 is 3.06 bits per heavy atom. The van der Waals surface area contributed by atoms with Crippen molar-refractivity contribution in [3.63, 3.8) is 0 Å². The van der Waals surface area contributed by atoms with Crippen molar-refractivity contribution in [2.75, 3.05) is 13.2 Å². The lowest BCUT2D eigenvalue weighted by atomic mass is 10.0. The first kappa shape index (κ1) is 12.1. The second-order valence-electron chi connectivity index (χ2n) is 4.47. The number of likely N-dealkylation sites (tertiary alicyclic amines) is 1. The van der Waals surface area contributed by atoms with Crippen molar-refractivity contribution < 1.29 is 9.90 Å². The number of amides is 1. The minimum atomic E-state index is 0.0269. The van der Waals surface area contributed by atoms with Crippen LogP contribution in [0.2, 0.25) is 0 Å². The summed E-state index contributed by atoms with van der Waals surface area (Å²) in [7, 11) is 0. The highest BCUT2D eigenvalue weighted by atomic mass is 16.3. The number of carbonyl (C=O) groups excluding carboxylic acids is 1. The molecule has 0 aromatic carbocycles. The van der Waals surface area contributed by atoms with Gasteiger partial charge in [-0.1, -0.05) is 0 Å². The smallest absolute Gasteiger partial charge is 0.224 e. The number of piperidine rings is 1. The maximum atomic E-state index is 12.0. The van der Waals surface area contributed by atoms with Crippen molar-refractivity contribution in [3.05, 3.63) is 18.7 Å². The lowest BCUT2D eigenvalue weighted by Crippen LogP contribution is -2.45. The Morgan fingerprint density at radius 1 is 1.47 bits per heavy atom. The van der Waals surface area contributed by atoms with E-state index in [1.165, 1.54) is 0 Å². The van der Waals surface area contributed by atoms with Crippen molar-refractivity contribution in [2.45, 2.75) is 38.3 Å². The van der Waals surface area contributed by atoms with Gasteiger partial charge < -0.3 is 14.6 Å². The first-order chi connectivity index (χ1) is 8.31. The van der Waals surface area contributed by atoms with Gasteiger partial charge in [0.1, 0.15) is 0 Å². The van der Waals surface area contributed by atoms with E-state index in [2.05, 4.69) is 4.98 Å². The topological polar surface area (TPSA) is 58.4 Å². The molecule has 2 rings (SSSR count). The van der Waals surface area contributed by atoms with Crippen molar-refractivity contribution in [1.82, 2.24) is 14.5 Å². The van der Waals surface area contributed by atoms with Crippen molar-refractivity contribution in [3.8, 4) is 0 Å². The van der Waals surface area contributed by atoms with Crippen LogP contribution in [0.25, 0.3) is 0 Å². The zero-order valence-corrected chi connectivity index (χ0v) is 9.96. The number of hydrogen-bond acceptors (Lipinski definition) is 3. The molecule has 1 aliphatic rings. The van der Waals surface area contributed by atoms with Gasteiger partial charge >= 0.3 is 0 Å². The summed E-state index contributed by atoms with van der Waals surface area (Å²) >= 11 is 0. The fourth-order valence-electron chi connectivity index (χ4n) is 2.31. The van der Waals surface area contributed by atoms with Gasteiger partial charge in [0.05, 0.1) is 19.0 Å². The summed E-state index contributed by atoms with van der Waals surface area (Å²) < 4.78 is 1.90. The number of nitrogens with zero attached hydrogens (tertiary/aromatic N) is 3. The molecule has 0 saturated carbocycles. The van der Waals surface area contributed by atoms with E-state index in [1.54, 1.807) is 12.5 Å². The van der Waals surface area contributed by atoms with Crippen molar-refractivity contribution in [2.24, 2.45) is 0 Å². The monoisotopic (exact) mass is 237 g/mol. The molecule has 1 saturated heterocycles. The van der Waals surface area contributed by atoms with Crippen LogP contribution < -0.4 is 0 Å². The van der Waals surface area contributed by atoms with Gasteiger partial charge in [-0.05, 0) is 19.3 Å². The van der Waals surface area contributed by atoms with E-state index >= 15 is 0 Å². The SMILES string of the molecule is O=C(CCn1ccnc1)N1CCCC[C@H]1CO. The highest BCUT2D eigenvalue weighted by Gasteiger charge is 2.25. The van der Waals surface area contributed by atoms with Crippen LogP contribution in [0, 0.1) is 0 Å². The Morgan fingerprint density at radius 2 is 2.35 bits per heavy atom. The standard InChI is InChI=1S/C12H19N3O2/c16-9-11-3-1-2-6-15(11)12(17)4-7-14-8-5-13-10-14/h5,8,10-11,16H,1-4,6-7,9H2/t11-/m0/s1. The van der Waals surface area contributed by atoms with E-state index < -0.39 is 0 Å². The third kappa shape index (κ3) is 3.06. The minimum absolute atomic E-state index is 0.0269. The lowest BCUT2D eigenvalue weighted by molar-refractivity contribution is -0.136. The van der Waals surface area contributed by atoms with Crippen LogP contribution in [0.15, 0.2) is 18.7 Å². The summed E-state index contributed by atoms with van der Waals surface area (Å²) in [6.45, 7) is 1.53. The highest BCUT2D eigenvalue weighted by Crippen LogP contribution is 2.17. The first-order valence-corrected chi connectivity index (χ1v) is 6.17. The average molecular weight is 237 g/mol. The highest BCUT2D eigenvalue weighted by molar-refractivity contribution is 5.76. The van der Waals surface area contributed by atoms with Crippen LogP contribution in [0.5, 0.6) is 0 Å². The number of aliphatic hydroxyl groups is 1. The number of hydrogen-bond donors (Lipinski definition) is 1. The van der Waals surface area contributed by atoms with E-state index in [0.29, 0.717) is 13.0 Å². The summed E-state index contributed by atoms with van der Waals surface area (Å²) in [5.41, 5.74) is 0.